The van der Waals surface area contributed by atoms with Crippen LogP contribution in [0, 0.1) is 13.8 Å². The summed E-state index contributed by atoms with van der Waals surface area (Å²) >= 11 is 1.40. The number of carbonyl (C=O) groups excluding carboxylic acids is 2. The first-order valence-corrected chi connectivity index (χ1v) is 7.63. The maximum Gasteiger partial charge on any atom is 0.408 e. The lowest BCUT2D eigenvalue weighted by Crippen LogP contribution is -2.40. The summed E-state index contributed by atoms with van der Waals surface area (Å²) in [5.41, 5.74) is 1.65. The number of anilines is 1. The quantitative estimate of drug-likeness (QED) is 0.911. The number of nitrogens with one attached hydrogen (secondary N) is 2. The summed E-state index contributed by atoms with van der Waals surface area (Å²) in [5.74, 6) is -0.339. The molecule has 2 heterocycles. The number of amides is 2. The summed E-state index contributed by atoms with van der Waals surface area (Å²) in [5, 5.41) is 5.81. The van der Waals surface area contributed by atoms with Crippen LogP contribution in [0.5, 0.6) is 0 Å². The number of aromatic nitrogens is 1. The number of hydrogen-bond donors (Lipinski definition) is 2. The Morgan fingerprint density at radius 3 is 2.68 bits per heavy atom. The van der Waals surface area contributed by atoms with E-state index in [9.17, 15) is 9.59 Å². The van der Waals surface area contributed by atoms with Gasteiger partial charge in [0, 0.05) is 4.88 Å². The van der Waals surface area contributed by atoms with E-state index in [0.29, 0.717) is 5.13 Å². The lowest BCUT2D eigenvalue weighted by Gasteiger charge is -2.16. The fraction of sp³-hybridized carbons (Fsp3) is 0.267. The van der Waals surface area contributed by atoms with Gasteiger partial charge in [0.25, 0.3) is 5.91 Å². The van der Waals surface area contributed by atoms with Crippen LogP contribution >= 0.6 is 11.3 Å². The summed E-state index contributed by atoms with van der Waals surface area (Å²) < 4.78 is 5.22. The summed E-state index contributed by atoms with van der Waals surface area (Å²) in [4.78, 5) is 29.3. The number of alkyl carbamates (subject to hydrolysis) is 1. The van der Waals surface area contributed by atoms with Crippen molar-refractivity contribution >= 4 is 28.5 Å². The molecule has 0 radical (unpaired) electrons. The minimum Gasteiger partial charge on any atom is -0.439 e. The van der Waals surface area contributed by atoms with Gasteiger partial charge in [-0.15, -0.1) is 11.3 Å². The number of hydrogen-bond acceptors (Lipinski definition) is 5. The Morgan fingerprint density at radius 2 is 2.05 bits per heavy atom. The molecule has 2 unspecified atom stereocenters. The van der Waals surface area contributed by atoms with Crippen LogP contribution in [0.2, 0.25) is 0 Å². The average molecular weight is 317 g/mol. The van der Waals surface area contributed by atoms with Crippen LogP contribution in [0.4, 0.5) is 9.93 Å². The van der Waals surface area contributed by atoms with Gasteiger partial charge in [-0.25, -0.2) is 9.78 Å². The van der Waals surface area contributed by atoms with Crippen LogP contribution in [0.15, 0.2) is 30.3 Å². The van der Waals surface area contributed by atoms with E-state index >= 15 is 0 Å². The van der Waals surface area contributed by atoms with Gasteiger partial charge < -0.3 is 15.4 Å². The van der Waals surface area contributed by atoms with Crippen molar-refractivity contribution in [3.05, 3.63) is 46.5 Å². The Bertz CT molecular complexity index is 695. The van der Waals surface area contributed by atoms with E-state index in [1.807, 2.05) is 44.2 Å². The molecule has 0 spiro atoms. The number of aryl methyl sites for hydroxylation is 2. The van der Waals surface area contributed by atoms with Crippen molar-refractivity contribution in [2.45, 2.75) is 26.0 Å². The topological polar surface area (TPSA) is 80.3 Å². The van der Waals surface area contributed by atoms with E-state index in [-0.39, 0.29) is 5.91 Å². The molecule has 1 aromatic heterocycles. The molecule has 7 heteroatoms. The Hall–Kier alpha value is -2.41. The molecule has 6 nitrogen and oxygen atoms in total. The minimum atomic E-state index is -0.778. The monoisotopic (exact) mass is 317 g/mol. The van der Waals surface area contributed by atoms with Crippen LogP contribution in [-0.4, -0.2) is 23.0 Å². The number of benzene rings is 1. The van der Waals surface area contributed by atoms with Crippen LogP contribution in [0.3, 0.4) is 0 Å². The van der Waals surface area contributed by atoms with Gasteiger partial charge in [0.2, 0.25) is 0 Å². The number of rotatable bonds is 3. The third-order valence-corrected chi connectivity index (χ3v) is 4.47. The van der Waals surface area contributed by atoms with E-state index < -0.39 is 18.2 Å². The highest BCUT2D eigenvalue weighted by Crippen LogP contribution is 2.28. The van der Waals surface area contributed by atoms with E-state index in [1.165, 1.54) is 11.3 Å². The predicted molar refractivity (Wildman–Crippen MR) is 82.8 cm³/mol. The van der Waals surface area contributed by atoms with Crippen LogP contribution in [0.25, 0.3) is 0 Å². The largest absolute Gasteiger partial charge is 0.439 e. The number of cyclic esters (lactones) is 1. The minimum absolute atomic E-state index is 0.339. The molecule has 2 aromatic rings. The molecule has 0 bridgehead atoms. The number of carbonyl (C=O) groups is 2. The molecule has 2 amide bonds. The maximum atomic E-state index is 12.4. The molecule has 1 aromatic carbocycles. The molecule has 1 aliphatic heterocycles. The van der Waals surface area contributed by atoms with Crippen molar-refractivity contribution in [3.8, 4) is 0 Å². The fourth-order valence-electron chi connectivity index (χ4n) is 2.24. The molecule has 0 aliphatic carbocycles. The van der Waals surface area contributed by atoms with Gasteiger partial charge >= 0.3 is 6.09 Å². The van der Waals surface area contributed by atoms with Gasteiger partial charge in [-0.1, -0.05) is 30.3 Å². The number of thiazole rings is 1. The van der Waals surface area contributed by atoms with Crippen LogP contribution < -0.4 is 10.6 Å². The van der Waals surface area contributed by atoms with Crippen molar-refractivity contribution in [1.29, 1.82) is 0 Å². The predicted octanol–water partition coefficient (Wildman–Crippen LogP) is 2.55. The molecule has 3 rings (SSSR count). The van der Waals surface area contributed by atoms with Crippen LogP contribution in [-0.2, 0) is 9.53 Å². The summed E-state index contributed by atoms with van der Waals surface area (Å²) in [6.45, 7) is 3.82. The van der Waals surface area contributed by atoms with Crippen molar-refractivity contribution in [2.75, 3.05) is 5.32 Å². The first kappa shape index (κ1) is 14.5. The third-order valence-electron chi connectivity index (χ3n) is 3.48. The molecule has 2 N–H and O–H groups in total. The highest BCUT2D eigenvalue weighted by Gasteiger charge is 2.40. The maximum absolute atomic E-state index is 12.4. The zero-order valence-electron chi connectivity index (χ0n) is 12.1. The second-order valence-electron chi connectivity index (χ2n) is 5.01. The standard InChI is InChI=1S/C15H15N3O3S/c1-8-9(2)22-14(16-8)18-13(19)11-12(21-15(20)17-11)10-6-4-3-5-7-10/h3-7,11-12H,1-2H3,(H,17,20)(H,16,18,19). The van der Waals surface area contributed by atoms with E-state index in [0.717, 1.165) is 16.1 Å². The van der Waals surface area contributed by atoms with E-state index in [4.69, 9.17) is 4.74 Å². The lowest BCUT2D eigenvalue weighted by molar-refractivity contribution is -0.119. The highest BCUT2D eigenvalue weighted by molar-refractivity contribution is 7.15. The lowest BCUT2D eigenvalue weighted by atomic mass is 10.0. The Morgan fingerprint density at radius 1 is 1.32 bits per heavy atom. The Labute approximate surface area is 131 Å². The summed E-state index contributed by atoms with van der Waals surface area (Å²) in [6.07, 6.45) is -1.24. The van der Waals surface area contributed by atoms with Crippen molar-refractivity contribution in [3.63, 3.8) is 0 Å². The first-order chi connectivity index (χ1) is 10.5. The van der Waals surface area contributed by atoms with Gasteiger partial charge in [0.05, 0.1) is 5.69 Å². The zero-order valence-corrected chi connectivity index (χ0v) is 12.9. The Balaban J connectivity index is 1.79. The molecule has 1 aliphatic rings. The molecule has 1 saturated heterocycles. The zero-order chi connectivity index (χ0) is 15.7. The molecular weight excluding hydrogens is 302 g/mol. The summed E-state index contributed by atoms with van der Waals surface area (Å²) in [6, 6.07) is 8.41. The van der Waals surface area contributed by atoms with Gasteiger partial charge in [0.15, 0.2) is 17.3 Å². The summed E-state index contributed by atoms with van der Waals surface area (Å²) in [7, 11) is 0. The smallest absolute Gasteiger partial charge is 0.408 e. The van der Waals surface area contributed by atoms with Crippen molar-refractivity contribution in [2.24, 2.45) is 0 Å². The molecule has 114 valence electrons. The fourth-order valence-corrected chi connectivity index (χ4v) is 3.05. The Kier molecular flexibility index (Phi) is 3.81. The van der Waals surface area contributed by atoms with E-state index in [2.05, 4.69) is 15.6 Å². The van der Waals surface area contributed by atoms with Crippen molar-refractivity contribution < 1.29 is 14.3 Å². The molecule has 22 heavy (non-hydrogen) atoms. The number of nitrogens with zero attached hydrogens (tertiary/aromatic N) is 1. The molecule has 0 saturated carbocycles. The van der Waals surface area contributed by atoms with Gasteiger partial charge in [-0.05, 0) is 19.4 Å². The van der Waals surface area contributed by atoms with E-state index in [1.54, 1.807) is 0 Å². The first-order valence-electron chi connectivity index (χ1n) is 6.81. The molecular formula is C15H15N3O3S. The normalized spacial score (nSPS) is 20.4. The molecule has 1 fully saturated rings. The van der Waals surface area contributed by atoms with Crippen molar-refractivity contribution in [1.82, 2.24) is 10.3 Å². The van der Waals surface area contributed by atoms with Gasteiger partial charge in [0.1, 0.15) is 0 Å². The van der Waals surface area contributed by atoms with Crippen LogP contribution in [0.1, 0.15) is 22.2 Å². The van der Waals surface area contributed by atoms with Gasteiger partial charge in [-0.2, -0.15) is 0 Å². The SMILES string of the molecule is Cc1nc(NC(=O)C2NC(=O)OC2c2ccccc2)sc1C. The average Bonchev–Trinajstić information content (AvgIpc) is 3.03. The number of ether oxygens (including phenoxy) is 1. The second-order valence-corrected chi connectivity index (χ2v) is 6.21. The molecule has 2 atom stereocenters. The highest BCUT2D eigenvalue weighted by atomic mass is 32.1. The third kappa shape index (κ3) is 2.80. The second kappa shape index (κ2) is 5.76. The van der Waals surface area contributed by atoms with Gasteiger partial charge in [-0.3, -0.25) is 4.79 Å².